The van der Waals surface area contributed by atoms with E-state index < -0.39 is 17.7 Å². The zero-order valence-electron chi connectivity index (χ0n) is 18.8. The fraction of sp³-hybridized carbons (Fsp3) is 0.360. The van der Waals surface area contributed by atoms with Gasteiger partial charge in [0.15, 0.2) is 0 Å². The number of nitrogens with zero attached hydrogens (tertiary/aromatic N) is 2. The smallest absolute Gasteiger partial charge is 0.295 e. The first-order valence-electron chi connectivity index (χ1n) is 10.5. The van der Waals surface area contributed by atoms with Crippen LogP contribution in [-0.2, 0) is 9.59 Å². The molecule has 1 unspecified atom stereocenters. The molecular formula is C25H30N2O4. The number of Topliss-reactive ketones (excluding diaryl/α,β-unsaturated/α-hetero) is 1. The number of hydrogen-bond acceptors (Lipinski definition) is 5. The summed E-state index contributed by atoms with van der Waals surface area (Å²) in [5.41, 5.74) is 2.38. The number of aryl methyl sites for hydroxylation is 1. The Balaban J connectivity index is 2.09. The zero-order valence-corrected chi connectivity index (χ0v) is 18.8. The highest BCUT2D eigenvalue weighted by Gasteiger charge is 2.46. The molecule has 2 aromatic carbocycles. The van der Waals surface area contributed by atoms with E-state index in [0.717, 1.165) is 11.1 Å². The van der Waals surface area contributed by atoms with Crippen LogP contribution in [0.25, 0.3) is 5.76 Å². The van der Waals surface area contributed by atoms with Crippen LogP contribution in [0.15, 0.2) is 54.1 Å². The summed E-state index contributed by atoms with van der Waals surface area (Å²) in [6.45, 7) is 6.81. The number of rotatable bonds is 7. The third kappa shape index (κ3) is 4.80. The van der Waals surface area contributed by atoms with Gasteiger partial charge in [0.05, 0.1) is 17.7 Å². The topological polar surface area (TPSA) is 70.1 Å². The number of ketones is 1. The van der Waals surface area contributed by atoms with Crippen molar-refractivity contribution in [1.82, 2.24) is 9.80 Å². The molecule has 1 aliphatic rings. The molecule has 0 aromatic heterocycles. The van der Waals surface area contributed by atoms with E-state index in [1.54, 1.807) is 29.2 Å². The van der Waals surface area contributed by atoms with Crippen LogP contribution in [0.2, 0.25) is 0 Å². The lowest BCUT2D eigenvalue weighted by Crippen LogP contribution is -2.35. The molecule has 1 aliphatic heterocycles. The van der Waals surface area contributed by atoms with Crippen molar-refractivity contribution in [2.24, 2.45) is 0 Å². The van der Waals surface area contributed by atoms with Crippen LogP contribution in [0.5, 0.6) is 5.75 Å². The molecule has 2 aromatic rings. The minimum absolute atomic E-state index is 0.0301. The molecule has 6 nitrogen and oxygen atoms in total. The van der Waals surface area contributed by atoms with E-state index in [0.29, 0.717) is 24.4 Å². The van der Waals surface area contributed by atoms with Gasteiger partial charge < -0.3 is 19.6 Å². The fourth-order valence-electron chi connectivity index (χ4n) is 3.75. The quantitative estimate of drug-likeness (QED) is 0.418. The number of likely N-dealkylation sites (tertiary alicyclic amines) is 1. The van der Waals surface area contributed by atoms with Gasteiger partial charge in [-0.15, -0.1) is 0 Å². The highest BCUT2D eigenvalue weighted by molar-refractivity contribution is 6.46. The summed E-state index contributed by atoms with van der Waals surface area (Å²) in [6, 6.07) is 13.9. The van der Waals surface area contributed by atoms with E-state index in [1.807, 2.05) is 64.0 Å². The van der Waals surface area contributed by atoms with Crippen LogP contribution >= 0.6 is 0 Å². The van der Waals surface area contributed by atoms with Gasteiger partial charge >= 0.3 is 0 Å². The van der Waals surface area contributed by atoms with E-state index in [1.165, 1.54) is 0 Å². The second-order valence-corrected chi connectivity index (χ2v) is 8.34. The van der Waals surface area contributed by atoms with Gasteiger partial charge in [0.2, 0.25) is 0 Å². The molecule has 1 heterocycles. The van der Waals surface area contributed by atoms with Gasteiger partial charge in [0, 0.05) is 18.7 Å². The Kier molecular flexibility index (Phi) is 6.81. The first-order valence-corrected chi connectivity index (χ1v) is 10.5. The summed E-state index contributed by atoms with van der Waals surface area (Å²) in [5.74, 6) is -0.744. The van der Waals surface area contributed by atoms with Crippen molar-refractivity contribution in [1.29, 1.82) is 0 Å². The van der Waals surface area contributed by atoms with E-state index in [4.69, 9.17) is 4.74 Å². The molecule has 6 heteroatoms. The minimum atomic E-state index is -0.660. The summed E-state index contributed by atoms with van der Waals surface area (Å²) in [5, 5.41) is 11.1. The highest BCUT2D eigenvalue weighted by Crippen LogP contribution is 2.40. The number of aliphatic hydroxyl groups excluding tert-OH is 1. The number of amides is 1. The normalized spacial score (nSPS) is 18.3. The van der Waals surface area contributed by atoms with Crippen molar-refractivity contribution in [2.75, 3.05) is 27.2 Å². The second-order valence-electron chi connectivity index (χ2n) is 8.34. The van der Waals surface area contributed by atoms with Crippen molar-refractivity contribution in [2.45, 2.75) is 32.9 Å². The van der Waals surface area contributed by atoms with E-state index in [2.05, 4.69) is 0 Å². The standard InChI is InChI=1S/C25H30N2O4/c1-16(2)31-19-12-10-18(11-13-19)23(28)21-22(20-9-7-6-8-17(20)3)27(15-14-26(4)5)25(30)24(21)29/h6-13,16,22,28H,14-15H2,1-5H3/b23-21-. The highest BCUT2D eigenvalue weighted by atomic mass is 16.5. The lowest BCUT2D eigenvalue weighted by molar-refractivity contribution is -0.140. The first-order chi connectivity index (χ1) is 14.7. The van der Waals surface area contributed by atoms with Crippen LogP contribution in [0.4, 0.5) is 0 Å². The second kappa shape index (κ2) is 9.35. The number of ether oxygens (including phenoxy) is 1. The number of aliphatic hydroxyl groups is 1. The number of carbonyl (C=O) groups is 2. The van der Waals surface area contributed by atoms with Crippen molar-refractivity contribution in [3.63, 3.8) is 0 Å². The number of likely N-dealkylation sites (N-methyl/N-ethyl adjacent to an activating group) is 1. The van der Waals surface area contributed by atoms with Gasteiger partial charge in [0.1, 0.15) is 11.5 Å². The fourth-order valence-corrected chi connectivity index (χ4v) is 3.75. The maximum absolute atomic E-state index is 13.0. The SMILES string of the molecule is Cc1ccccc1C1/C(=C(/O)c2ccc(OC(C)C)cc2)C(=O)C(=O)N1CCN(C)C. The Morgan fingerprint density at radius 3 is 2.32 bits per heavy atom. The molecule has 0 radical (unpaired) electrons. The summed E-state index contributed by atoms with van der Waals surface area (Å²) in [6.07, 6.45) is 0.0301. The average molecular weight is 423 g/mol. The third-order valence-electron chi connectivity index (χ3n) is 5.31. The summed E-state index contributed by atoms with van der Waals surface area (Å²) < 4.78 is 5.66. The van der Waals surface area contributed by atoms with Gasteiger partial charge in [-0.2, -0.15) is 0 Å². The molecule has 164 valence electrons. The maximum Gasteiger partial charge on any atom is 0.295 e. The van der Waals surface area contributed by atoms with Crippen LogP contribution in [-0.4, -0.2) is 59.9 Å². The Labute approximate surface area is 183 Å². The Hall–Kier alpha value is -3.12. The van der Waals surface area contributed by atoms with Crippen molar-refractivity contribution in [3.8, 4) is 5.75 Å². The Morgan fingerprint density at radius 2 is 1.74 bits per heavy atom. The molecular weight excluding hydrogens is 392 g/mol. The minimum Gasteiger partial charge on any atom is -0.507 e. The Bertz CT molecular complexity index is 993. The molecule has 1 atom stereocenters. The van der Waals surface area contributed by atoms with Gasteiger partial charge in [-0.3, -0.25) is 9.59 Å². The molecule has 3 rings (SSSR count). The van der Waals surface area contributed by atoms with E-state index >= 15 is 0 Å². The van der Waals surface area contributed by atoms with Crippen molar-refractivity contribution >= 4 is 17.4 Å². The zero-order chi connectivity index (χ0) is 22.7. The first kappa shape index (κ1) is 22.6. The van der Waals surface area contributed by atoms with Crippen molar-refractivity contribution < 1.29 is 19.4 Å². The monoisotopic (exact) mass is 422 g/mol. The van der Waals surface area contributed by atoms with E-state index in [-0.39, 0.29) is 17.4 Å². The largest absolute Gasteiger partial charge is 0.507 e. The molecule has 1 saturated heterocycles. The molecule has 0 bridgehead atoms. The Morgan fingerprint density at radius 1 is 1.10 bits per heavy atom. The van der Waals surface area contributed by atoms with Crippen molar-refractivity contribution in [3.05, 3.63) is 70.8 Å². The average Bonchev–Trinajstić information content (AvgIpc) is 2.96. The summed E-state index contributed by atoms with van der Waals surface area (Å²) in [7, 11) is 3.83. The number of hydrogen-bond donors (Lipinski definition) is 1. The molecule has 1 N–H and O–H groups in total. The number of carbonyl (C=O) groups excluding carboxylic acids is 2. The predicted molar refractivity (Wildman–Crippen MR) is 121 cm³/mol. The van der Waals surface area contributed by atoms with E-state index in [9.17, 15) is 14.7 Å². The van der Waals surface area contributed by atoms with Gasteiger partial charge in [-0.25, -0.2) is 0 Å². The molecule has 0 aliphatic carbocycles. The van der Waals surface area contributed by atoms with Gasteiger partial charge in [-0.05, 0) is 70.3 Å². The lowest BCUT2D eigenvalue weighted by atomic mass is 9.92. The summed E-state index contributed by atoms with van der Waals surface area (Å²) in [4.78, 5) is 29.5. The molecule has 0 spiro atoms. The third-order valence-corrected chi connectivity index (χ3v) is 5.31. The lowest BCUT2D eigenvalue weighted by Gasteiger charge is -2.27. The van der Waals surface area contributed by atoms with Gasteiger partial charge in [-0.1, -0.05) is 24.3 Å². The van der Waals surface area contributed by atoms with Crippen LogP contribution in [0.1, 0.15) is 36.6 Å². The molecule has 0 saturated carbocycles. The maximum atomic E-state index is 13.0. The molecule has 31 heavy (non-hydrogen) atoms. The van der Waals surface area contributed by atoms with Gasteiger partial charge in [0.25, 0.3) is 11.7 Å². The molecule has 1 fully saturated rings. The van der Waals surface area contributed by atoms with Crippen LogP contribution < -0.4 is 4.74 Å². The summed E-state index contributed by atoms with van der Waals surface area (Å²) >= 11 is 0. The van der Waals surface area contributed by atoms with Crippen LogP contribution in [0, 0.1) is 6.92 Å². The number of benzene rings is 2. The molecule has 1 amide bonds. The van der Waals surface area contributed by atoms with Crippen LogP contribution in [0.3, 0.4) is 0 Å². The predicted octanol–water partition coefficient (Wildman–Crippen LogP) is 3.77.